The molecule has 0 aromatic rings. The van der Waals surface area contributed by atoms with Crippen molar-refractivity contribution in [1.82, 2.24) is 10.2 Å². The zero-order chi connectivity index (χ0) is 16.5. The highest BCUT2D eigenvalue weighted by molar-refractivity contribution is 4.89. The summed E-state index contributed by atoms with van der Waals surface area (Å²) >= 11 is 0. The number of unbranched alkanes of at least 4 members (excludes halogenated alkanes) is 1. The zero-order valence-corrected chi connectivity index (χ0v) is 16.1. The Hall–Kier alpha value is -0.0800. The van der Waals surface area contributed by atoms with Crippen LogP contribution in [0.1, 0.15) is 86.0 Å². The summed E-state index contributed by atoms with van der Waals surface area (Å²) in [6, 6.07) is 0. The van der Waals surface area contributed by atoms with Gasteiger partial charge in [-0.3, -0.25) is 0 Å². The van der Waals surface area contributed by atoms with E-state index in [1.54, 1.807) is 0 Å². The van der Waals surface area contributed by atoms with E-state index >= 15 is 0 Å². The van der Waals surface area contributed by atoms with E-state index in [-0.39, 0.29) is 0 Å². The second-order valence-electron chi connectivity index (χ2n) is 8.07. The molecule has 1 N–H and O–H groups in total. The minimum Gasteiger partial charge on any atom is -0.317 e. The van der Waals surface area contributed by atoms with E-state index in [9.17, 15) is 0 Å². The number of rotatable bonds is 6. The van der Waals surface area contributed by atoms with Crippen molar-refractivity contribution in [1.29, 1.82) is 0 Å². The smallest absolute Gasteiger partial charge is 0.00134 e. The van der Waals surface area contributed by atoms with Crippen molar-refractivity contribution in [2.24, 2.45) is 10.8 Å². The maximum Gasteiger partial charge on any atom is -0.00134 e. The Morgan fingerprint density at radius 1 is 0.955 bits per heavy atom. The highest BCUT2D eigenvalue weighted by Crippen LogP contribution is 2.39. The largest absolute Gasteiger partial charge is 0.317 e. The molecule has 0 unspecified atom stereocenters. The van der Waals surface area contributed by atoms with Gasteiger partial charge in [0.15, 0.2) is 0 Å². The summed E-state index contributed by atoms with van der Waals surface area (Å²) in [5.74, 6) is 0. The summed E-state index contributed by atoms with van der Waals surface area (Å²) in [5.41, 5.74) is 1.27. The van der Waals surface area contributed by atoms with E-state index in [1.807, 2.05) is 13.8 Å². The van der Waals surface area contributed by atoms with Crippen LogP contribution in [0.3, 0.4) is 0 Å². The van der Waals surface area contributed by atoms with Crippen LogP contribution in [0.4, 0.5) is 0 Å². The van der Waals surface area contributed by atoms with Crippen molar-refractivity contribution >= 4 is 0 Å². The van der Waals surface area contributed by atoms with Crippen molar-refractivity contribution in [2.75, 3.05) is 32.7 Å². The van der Waals surface area contributed by atoms with Gasteiger partial charge in [-0.2, -0.15) is 0 Å². The third-order valence-corrected chi connectivity index (χ3v) is 6.12. The third kappa shape index (κ3) is 6.58. The number of hydrogen-bond acceptors (Lipinski definition) is 2. The molecule has 0 amide bonds. The molecule has 2 aliphatic heterocycles. The normalized spacial score (nSPS) is 22.2. The molecule has 0 atom stereocenters. The molecule has 2 heterocycles. The summed E-state index contributed by atoms with van der Waals surface area (Å²) in [7, 11) is 0. The lowest BCUT2D eigenvalue weighted by molar-refractivity contribution is 0.0726. The number of piperidine rings is 2. The van der Waals surface area contributed by atoms with Gasteiger partial charge in [-0.25, -0.2) is 0 Å². The van der Waals surface area contributed by atoms with E-state index in [4.69, 9.17) is 0 Å². The van der Waals surface area contributed by atoms with Crippen LogP contribution < -0.4 is 5.32 Å². The van der Waals surface area contributed by atoms with Gasteiger partial charge in [0, 0.05) is 0 Å². The Bertz CT molecular complexity index is 269. The first kappa shape index (κ1) is 20.0. The van der Waals surface area contributed by atoms with Crippen molar-refractivity contribution in [3.05, 3.63) is 0 Å². The highest BCUT2D eigenvalue weighted by atomic mass is 15.1. The van der Waals surface area contributed by atoms with E-state index < -0.39 is 0 Å². The van der Waals surface area contributed by atoms with Crippen molar-refractivity contribution in [2.45, 2.75) is 86.0 Å². The Morgan fingerprint density at radius 3 is 2.09 bits per heavy atom. The molecule has 0 saturated carbocycles. The summed E-state index contributed by atoms with van der Waals surface area (Å²) in [6.45, 7) is 17.7. The number of nitrogens with zero attached hydrogens (tertiary/aromatic N) is 1. The van der Waals surface area contributed by atoms with Crippen LogP contribution in [0.5, 0.6) is 0 Å². The molecular formula is C20H42N2. The Kier molecular flexibility index (Phi) is 9.01. The van der Waals surface area contributed by atoms with Gasteiger partial charge in [0.25, 0.3) is 0 Å². The molecule has 0 bridgehead atoms. The SMILES string of the molecule is CC.CCC(C)(C)CCCCN1CCC2(CCNCC2)CC1. The maximum atomic E-state index is 3.52. The van der Waals surface area contributed by atoms with Gasteiger partial charge in [-0.05, 0) is 82.1 Å². The van der Waals surface area contributed by atoms with Crippen LogP contribution >= 0.6 is 0 Å². The second kappa shape index (κ2) is 9.93. The van der Waals surface area contributed by atoms with E-state index in [1.165, 1.54) is 84.1 Å². The van der Waals surface area contributed by atoms with Crippen molar-refractivity contribution < 1.29 is 0 Å². The molecule has 0 aliphatic carbocycles. The Labute approximate surface area is 140 Å². The summed E-state index contributed by atoms with van der Waals surface area (Å²) < 4.78 is 0. The van der Waals surface area contributed by atoms with Gasteiger partial charge >= 0.3 is 0 Å². The zero-order valence-electron chi connectivity index (χ0n) is 16.1. The highest BCUT2D eigenvalue weighted by Gasteiger charge is 2.35. The van der Waals surface area contributed by atoms with Gasteiger partial charge in [-0.15, -0.1) is 0 Å². The standard InChI is InChI=1S/C18H36N2.C2H6/c1-4-17(2,3)7-5-6-14-20-15-10-18(11-16-20)8-12-19-13-9-18;1-2/h19H,4-16H2,1-3H3;1-2H3. The second-order valence-corrected chi connectivity index (χ2v) is 8.07. The minimum atomic E-state index is 0.557. The maximum absolute atomic E-state index is 3.52. The van der Waals surface area contributed by atoms with Gasteiger partial charge in [-0.1, -0.05) is 47.5 Å². The molecule has 1 spiro atoms. The average Bonchev–Trinajstić information content (AvgIpc) is 2.56. The minimum absolute atomic E-state index is 0.557. The van der Waals surface area contributed by atoms with Crippen LogP contribution in [0.15, 0.2) is 0 Å². The quantitative estimate of drug-likeness (QED) is 0.688. The number of hydrogen-bond donors (Lipinski definition) is 1. The van der Waals surface area contributed by atoms with Gasteiger partial charge in [0.05, 0.1) is 0 Å². The molecule has 0 aromatic carbocycles. The van der Waals surface area contributed by atoms with Crippen LogP contribution in [-0.2, 0) is 0 Å². The van der Waals surface area contributed by atoms with Crippen LogP contribution in [0, 0.1) is 10.8 Å². The Balaban J connectivity index is 0.00000116. The lowest BCUT2D eigenvalue weighted by Gasteiger charge is -2.44. The molecular weight excluding hydrogens is 268 g/mol. The van der Waals surface area contributed by atoms with Crippen LogP contribution in [0.2, 0.25) is 0 Å². The monoisotopic (exact) mass is 310 g/mol. The van der Waals surface area contributed by atoms with Crippen LogP contribution in [-0.4, -0.2) is 37.6 Å². The predicted molar refractivity (Wildman–Crippen MR) is 99.5 cm³/mol. The van der Waals surface area contributed by atoms with Crippen molar-refractivity contribution in [3.63, 3.8) is 0 Å². The van der Waals surface area contributed by atoms with Gasteiger partial charge < -0.3 is 10.2 Å². The fourth-order valence-corrected chi connectivity index (χ4v) is 3.82. The summed E-state index contributed by atoms with van der Waals surface area (Å²) in [5, 5.41) is 3.52. The lowest BCUT2D eigenvalue weighted by Crippen LogP contribution is -2.45. The Morgan fingerprint density at radius 2 is 1.55 bits per heavy atom. The molecule has 2 fully saturated rings. The average molecular weight is 311 g/mol. The first-order chi connectivity index (χ1) is 10.6. The topological polar surface area (TPSA) is 15.3 Å². The van der Waals surface area contributed by atoms with E-state index in [0.717, 1.165) is 0 Å². The lowest BCUT2D eigenvalue weighted by atomic mass is 9.71. The molecule has 22 heavy (non-hydrogen) atoms. The number of likely N-dealkylation sites (tertiary alicyclic amines) is 1. The summed E-state index contributed by atoms with van der Waals surface area (Å²) in [4.78, 5) is 2.73. The fraction of sp³-hybridized carbons (Fsp3) is 1.00. The molecule has 2 saturated heterocycles. The van der Waals surface area contributed by atoms with E-state index in [0.29, 0.717) is 10.8 Å². The molecule has 2 aliphatic rings. The van der Waals surface area contributed by atoms with Crippen molar-refractivity contribution in [3.8, 4) is 0 Å². The fourth-order valence-electron chi connectivity index (χ4n) is 3.82. The predicted octanol–water partition coefficient (Wildman–Crippen LogP) is 5.08. The molecule has 2 heteroatoms. The molecule has 0 aromatic heterocycles. The molecule has 132 valence electrons. The van der Waals surface area contributed by atoms with Crippen LogP contribution in [0.25, 0.3) is 0 Å². The summed E-state index contributed by atoms with van der Waals surface area (Å²) in [6.07, 6.45) is 11.3. The number of nitrogens with one attached hydrogen (secondary N) is 1. The molecule has 2 nitrogen and oxygen atoms in total. The third-order valence-electron chi connectivity index (χ3n) is 6.12. The van der Waals surface area contributed by atoms with Gasteiger partial charge in [0.1, 0.15) is 0 Å². The van der Waals surface area contributed by atoms with Gasteiger partial charge in [0.2, 0.25) is 0 Å². The first-order valence-electron chi connectivity index (χ1n) is 9.98. The molecule has 2 rings (SSSR count). The first-order valence-corrected chi connectivity index (χ1v) is 9.98. The van der Waals surface area contributed by atoms with E-state index in [2.05, 4.69) is 31.0 Å². The molecule has 0 radical (unpaired) electrons.